The summed E-state index contributed by atoms with van der Waals surface area (Å²) < 4.78 is 22.0. The average Bonchev–Trinajstić information content (AvgIpc) is 4.19. The molecule has 6 atom stereocenters. The third-order valence-corrected chi connectivity index (χ3v) is 14.1. The van der Waals surface area contributed by atoms with Gasteiger partial charge in [0.1, 0.15) is 17.9 Å². The number of aliphatic imine (C=N–C) groups is 2. The maximum Gasteiger partial charge on any atom is 0.407 e. The van der Waals surface area contributed by atoms with E-state index in [1.807, 2.05) is 49.1 Å². The van der Waals surface area contributed by atoms with Crippen LogP contribution in [-0.2, 0) is 41.4 Å². The molecule has 4 aromatic carbocycles. The van der Waals surface area contributed by atoms with Crippen LogP contribution >= 0.6 is 0 Å². The van der Waals surface area contributed by atoms with E-state index < -0.39 is 36.1 Å². The molecular weight excluding hydrogens is 827 g/mol. The fraction of sp³-hybridized carbons (Fsp3) is 0.440. The van der Waals surface area contributed by atoms with Crippen molar-refractivity contribution in [1.82, 2.24) is 25.8 Å². The van der Waals surface area contributed by atoms with Crippen molar-refractivity contribution in [2.75, 3.05) is 40.5 Å². The number of amidine groups is 1. The zero-order chi connectivity index (χ0) is 45.0. The van der Waals surface area contributed by atoms with E-state index in [2.05, 4.69) is 64.5 Å². The normalized spacial score (nSPS) is 23.6. The molecule has 1 aliphatic carbocycles. The first kappa shape index (κ1) is 42.6. The Morgan fingerprint density at radius 1 is 0.846 bits per heavy atom. The molecule has 15 nitrogen and oxygen atoms in total. The SMILES string of the molecule is COC(=O)N[C@H](C(=O)N1CC2(C[C@H]1C1=NC3c4ccc(-c5ccc6c7c(ccc6c5)N=C([C@@H]5CCCN5C(=O)[C@H](NC(=O)OC)c5ccccc5)C7)cc4CCC3N1)OCCO2)C(C)C. The van der Waals surface area contributed by atoms with Crippen molar-refractivity contribution < 1.29 is 38.1 Å². The van der Waals surface area contributed by atoms with Crippen LogP contribution in [0, 0.1) is 5.92 Å². The van der Waals surface area contributed by atoms with Crippen molar-refractivity contribution in [3.63, 3.8) is 0 Å². The van der Waals surface area contributed by atoms with Gasteiger partial charge in [-0.15, -0.1) is 0 Å². The summed E-state index contributed by atoms with van der Waals surface area (Å²) in [7, 11) is 2.59. The zero-order valence-corrected chi connectivity index (χ0v) is 37.2. The molecule has 3 fully saturated rings. The molecule has 3 N–H and O–H groups in total. The summed E-state index contributed by atoms with van der Waals surface area (Å²) in [6.07, 6.45) is 3.21. The van der Waals surface area contributed by atoms with Gasteiger partial charge in [-0.25, -0.2) is 9.59 Å². The summed E-state index contributed by atoms with van der Waals surface area (Å²) >= 11 is 0. The first-order chi connectivity index (χ1) is 31.5. The third kappa shape index (κ3) is 7.88. The van der Waals surface area contributed by atoms with E-state index in [9.17, 15) is 19.2 Å². The lowest BCUT2D eigenvalue weighted by molar-refractivity contribution is -0.153. The smallest absolute Gasteiger partial charge is 0.407 e. The molecule has 1 spiro atoms. The molecule has 4 aromatic rings. The number of carbonyl (C=O) groups excluding carboxylic acids is 4. The number of benzene rings is 4. The number of amides is 4. The van der Waals surface area contributed by atoms with Crippen LogP contribution in [0.1, 0.15) is 73.9 Å². The fourth-order valence-electron chi connectivity index (χ4n) is 10.8. The van der Waals surface area contributed by atoms with Gasteiger partial charge in [-0.2, -0.15) is 0 Å². The summed E-state index contributed by atoms with van der Waals surface area (Å²) in [6, 6.07) is 24.6. The van der Waals surface area contributed by atoms with Crippen LogP contribution in [-0.4, -0.2) is 116 Å². The van der Waals surface area contributed by atoms with Gasteiger partial charge in [0.2, 0.25) is 11.8 Å². The van der Waals surface area contributed by atoms with Gasteiger partial charge in [0.05, 0.1) is 63.8 Å². The first-order valence-corrected chi connectivity index (χ1v) is 22.8. The van der Waals surface area contributed by atoms with Gasteiger partial charge < -0.3 is 44.7 Å². The van der Waals surface area contributed by atoms with Crippen molar-refractivity contribution in [1.29, 1.82) is 0 Å². The summed E-state index contributed by atoms with van der Waals surface area (Å²) in [4.78, 5) is 67.0. The Hall–Kier alpha value is -6.32. The van der Waals surface area contributed by atoms with E-state index in [-0.39, 0.29) is 42.4 Å². The molecule has 0 bridgehead atoms. The molecule has 10 rings (SSSR count). The molecule has 0 aromatic heterocycles. The lowest BCUT2D eigenvalue weighted by Crippen LogP contribution is -2.55. The lowest BCUT2D eigenvalue weighted by atomic mass is 9.83. The molecule has 65 heavy (non-hydrogen) atoms. The Bertz CT molecular complexity index is 2610. The number of carbonyl (C=O) groups is 4. The molecule has 3 saturated heterocycles. The van der Waals surface area contributed by atoms with E-state index in [1.54, 1.807) is 4.90 Å². The molecule has 5 heterocycles. The van der Waals surface area contributed by atoms with E-state index in [0.29, 0.717) is 38.2 Å². The molecular formula is C50H55N7O8. The minimum absolute atomic E-state index is 0.0856. The van der Waals surface area contributed by atoms with Gasteiger partial charge in [0, 0.05) is 25.1 Å². The Morgan fingerprint density at radius 2 is 1.60 bits per heavy atom. The quantitative estimate of drug-likeness (QED) is 0.174. The van der Waals surface area contributed by atoms with Gasteiger partial charge in [-0.1, -0.05) is 80.6 Å². The number of hydrogen-bond donors (Lipinski definition) is 3. The van der Waals surface area contributed by atoms with Gasteiger partial charge in [0.25, 0.3) is 0 Å². The van der Waals surface area contributed by atoms with Crippen LogP contribution in [0.5, 0.6) is 0 Å². The Morgan fingerprint density at radius 3 is 2.37 bits per heavy atom. The highest BCUT2D eigenvalue weighted by atomic mass is 16.7. The average molecular weight is 882 g/mol. The van der Waals surface area contributed by atoms with Crippen molar-refractivity contribution >= 4 is 52.0 Å². The standard InChI is InChI=1S/C50H55N7O8/c1-28(2)42(54-48(60)62-3)46(58)57-27-50(64-21-22-65-50)26-41(57)45-52-38-19-15-33-24-31(13-17-35(33)44(38)53-45)30-12-16-34-32(23-30)14-18-37-36(34)25-39(51-37)40-11-8-20-56(40)47(59)43(55-49(61)63-4)29-9-6-5-7-10-29/h5-7,9-10,12-14,16-18,23-24,28,38,40-44H,8,11,15,19-22,25-27H2,1-4H3,(H,52,53)(H,54,60)(H,55,61)/t38?,40-,41-,42-,43+,44?/m0/s1. The molecule has 2 unspecified atom stereocenters. The van der Waals surface area contributed by atoms with Crippen LogP contribution in [0.3, 0.4) is 0 Å². The van der Waals surface area contributed by atoms with E-state index >= 15 is 0 Å². The Kier molecular flexibility index (Phi) is 11.3. The molecule has 6 aliphatic rings. The maximum absolute atomic E-state index is 14.2. The van der Waals surface area contributed by atoms with Crippen LogP contribution in [0.4, 0.5) is 15.3 Å². The maximum atomic E-state index is 14.2. The van der Waals surface area contributed by atoms with Crippen LogP contribution in [0.2, 0.25) is 0 Å². The number of fused-ring (bicyclic) bond motifs is 6. The van der Waals surface area contributed by atoms with E-state index in [0.717, 1.165) is 70.4 Å². The summed E-state index contributed by atoms with van der Waals surface area (Å²) in [5, 5.41) is 11.5. The molecule has 15 heteroatoms. The van der Waals surface area contributed by atoms with Crippen LogP contribution < -0.4 is 16.0 Å². The zero-order valence-electron chi connectivity index (χ0n) is 37.2. The first-order valence-electron chi connectivity index (χ1n) is 22.8. The summed E-state index contributed by atoms with van der Waals surface area (Å²) in [5.41, 5.74) is 8.45. The highest BCUT2D eigenvalue weighted by Gasteiger charge is 2.54. The molecule has 338 valence electrons. The summed E-state index contributed by atoms with van der Waals surface area (Å²) in [5.74, 6) is -0.740. The second-order valence-electron chi connectivity index (χ2n) is 18.3. The van der Waals surface area contributed by atoms with Crippen molar-refractivity contribution in [3.8, 4) is 11.1 Å². The largest absolute Gasteiger partial charge is 0.453 e. The Balaban J connectivity index is 0.865. The highest BCUT2D eigenvalue weighted by molar-refractivity contribution is 6.06. The van der Waals surface area contributed by atoms with Crippen LogP contribution in [0.15, 0.2) is 88.8 Å². The number of aryl methyl sites for hydroxylation is 1. The van der Waals surface area contributed by atoms with Crippen molar-refractivity contribution in [3.05, 3.63) is 101 Å². The molecule has 0 radical (unpaired) electrons. The number of rotatable bonds is 9. The minimum Gasteiger partial charge on any atom is -0.453 e. The number of nitrogens with zero attached hydrogens (tertiary/aromatic N) is 4. The summed E-state index contributed by atoms with van der Waals surface area (Å²) in [6.45, 7) is 5.54. The molecule has 0 saturated carbocycles. The predicted octanol–water partition coefficient (Wildman–Crippen LogP) is 6.31. The van der Waals surface area contributed by atoms with E-state index in [4.69, 9.17) is 28.9 Å². The fourth-order valence-corrected chi connectivity index (χ4v) is 10.8. The monoisotopic (exact) mass is 881 g/mol. The Labute approximate surface area is 377 Å². The van der Waals surface area contributed by atoms with Gasteiger partial charge in [-0.05, 0) is 87.9 Å². The van der Waals surface area contributed by atoms with Crippen LogP contribution in [0.25, 0.3) is 21.9 Å². The van der Waals surface area contributed by atoms with E-state index in [1.165, 1.54) is 25.3 Å². The lowest BCUT2D eigenvalue weighted by Gasteiger charge is -2.31. The number of methoxy groups -OCH3 is 2. The number of likely N-dealkylation sites (tertiary alicyclic amines) is 2. The number of alkyl carbamates (subject to hydrolysis) is 2. The number of ether oxygens (including phenoxy) is 4. The second-order valence-corrected chi connectivity index (χ2v) is 18.3. The highest BCUT2D eigenvalue weighted by Crippen LogP contribution is 2.43. The van der Waals surface area contributed by atoms with Gasteiger partial charge in [0.15, 0.2) is 5.79 Å². The molecule has 5 aliphatic heterocycles. The van der Waals surface area contributed by atoms with Crippen molar-refractivity contribution in [2.45, 2.75) is 94.4 Å². The second kappa shape index (κ2) is 17.2. The minimum atomic E-state index is -0.914. The predicted molar refractivity (Wildman–Crippen MR) is 244 cm³/mol. The van der Waals surface area contributed by atoms with Gasteiger partial charge in [-0.3, -0.25) is 19.6 Å². The van der Waals surface area contributed by atoms with Gasteiger partial charge >= 0.3 is 12.2 Å². The number of nitrogens with one attached hydrogen (secondary N) is 3. The topological polar surface area (TPSA) is 172 Å². The molecule has 4 amide bonds. The van der Waals surface area contributed by atoms with Crippen molar-refractivity contribution in [2.24, 2.45) is 15.9 Å². The third-order valence-electron chi connectivity index (χ3n) is 14.1. The number of hydrogen-bond acceptors (Lipinski definition) is 11.